The van der Waals surface area contributed by atoms with Gasteiger partial charge in [0.2, 0.25) is 0 Å². The number of rotatable bonds is 5. The molecule has 0 atom stereocenters. The molecular weight excluding hydrogens is 417 g/mol. The van der Waals surface area contributed by atoms with Gasteiger partial charge in [0.25, 0.3) is 5.91 Å². The molecule has 0 radical (unpaired) electrons. The van der Waals surface area contributed by atoms with Gasteiger partial charge in [-0.25, -0.2) is 4.39 Å². The van der Waals surface area contributed by atoms with Crippen molar-refractivity contribution < 1.29 is 9.18 Å². The van der Waals surface area contributed by atoms with Crippen LogP contribution in [0.25, 0.3) is 10.4 Å². The molecule has 2 nitrogen and oxygen atoms in total. The number of halogens is 1. The Morgan fingerprint density at radius 3 is 2.25 bits per heavy atom. The summed E-state index contributed by atoms with van der Waals surface area (Å²) in [5.41, 5.74) is 4.42. The summed E-state index contributed by atoms with van der Waals surface area (Å²) in [5.74, 6) is -0.710. The Morgan fingerprint density at radius 1 is 0.906 bits per heavy atom. The van der Waals surface area contributed by atoms with E-state index in [2.05, 4.69) is 12.1 Å². The van der Waals surface area contributed by atoms with Gasteiger partial charge in [-0.1, -0.05) is 66.7 Å². The number of aryl methyl sites for hydroxylation is 1. The monoisotopic (exact) mass is 441 g/mol. The summed E-state index contributed by atoms with van der Waals surface area (Å²) in [5, 5.41) is 0. The Balaban J connectivity index is 1.56. The van der Waals surface area contributed by atoms with Crippen LogP contribution >= 0.6 is 11.3 Å². The topological polar surface area (TPSA) is 20.3 Å². The molecule has 5 rings (SSSR count). The summed E-state index contributed by atoms with van der Waals surface area (Å²) < 4.78 is 15.2. The molecule has 1 heterocycles. The van der Waals surface area contributed by atoms with Crippen molar-refractivity contribution in [1.82, 2.24) is 4.90 Å². The molecule has 0 N–H and O–H groups in total. The molecule has 0 bridgehead atoms. The van der Waals surface area contributed by atoms with E-state index in [-0.39, 0.29) is 17.5 Å². The van der Waals surface area contributed by atoms with Gasteiger partial charge in [-0.3, -0.25) is 4.79 Å². The maximum Gasteiger partial charge on any atom is 0.258 e. The summed E-state index contributed by atoms with van der Waals surface area (Å²) in [6.07, 6.45) is 1.58. The van der Waals surface area contributed by atoms with E-state index in [9.17, 15) is 4.79 Å². The first-order valence-electron chi connectivity index (χ1n) is 10.9. The molecule has 4 heteroatoms. The van der Waals surface area contributed by atoms with Gasteiger partial charge in [-0.2, -0.15) is 0 Å². The maximum absolute atomic E-state index is 15.2. The SMILES string of the molecule is Cc1ccc(-c2cccc(F)c2C(=O)N(Cc2ccccc2)C2Cc3ccccc3C2)s1. The summed E-state index contributed by atoms with van der Waals surface area (Å²) in [6.45, 7) is 2.47. The minimum atomic E-state index is -0.466. The Bertz CT molecular complexity index is 1240. The van der Waals surface area contributed by atoms with E-state index in [0.29, 0.717) is 12.1 Å². The first kappa shape index (κ1) is 20.7. The van der Waals surface area contributed by atoms with Crippen LogP contribution in [0.3, 0.4) is 0 Å². The van der Waals surface area contributed by atoms with E-state index < -0.39 is 5.82 Å². The molecule has 0 spiro atoms. The lowest BCUT2D eigenvalue weighted by Gasteiger charge is -2.30. The number of thiophene rings is 1. The lowest BCUT2D eigenvalue weighted by atomic mass is 10.0. The molecule has 4 aromatic rings. The fourth-order valence-electron chi connectivity index (χ4n) is 4.57. The van der Waals surface area contributed by atoms with Gasteiger partial charge in [0.15, 0.2) is 0 Å². The van der Waals surface area contributed by atoms with E-state index in [0.717, 1.165) is 28.2 Å². The zero-order chi connectivity index (χ0) is 22.1. The van der Waals surface area contributed by atoms with Crippen LogP contribution in [0.4, 0.5) is 4.39 Å². The first-order valence-corrected chi connectivity index (χ1v) is 11.7. The Kier molecular flexibility index (Phi) is 5.62. The highest BCUT2D eigenvalue weighted by molar-refractivity contribution is 7.15. The number of hydrogen-bond acceptors (Lipinski definition) is 2. The largest absolute Gasteiger partial charge is 0.331 e. The molecule has 3 aromatic carbocycles. The molecule has 0 fully saturated rings. The van der Waals surface area contributed by atoms with Crippen molar-refractivity contribution >= 4 is 17.2 Å². The number of nitrogens with zero attached hydrogens (tertiary/aromatic N) is 1. The lowest BCUT2D eigenvalue weighted by molar-refractivity contribution is 0.0664. The summed E-state index contributed by atoms with van der Waals surface area (Å²) in [4.78, 5) is 17.9. The Morgan fingerprint density at radius 2 is 1.59 bits per heavy atom. The number of carbonyl (C=O) groups is 1. The van der Waals surface area contributed by atoms with E-state index in [1.807, 2.05) is 72.5 Å². The van der Waals surface area contributed by atoms with Crippen LogP contribution in [0.1, 0.15) is 31.9 Å². The van der Waals surface area contributed by atoms with E-state index >= 15 is 4.39 Å². The average molecular weight is 442 g/mol. The molecule has 0 saturated carbocycles. The minimum absolute atomic E-state index is 0.00219. The third-order valence-corrected chi connectivity index (χ3v) is 7.19. The van der Waals surface area contributed by atoms with Crippen LogP contribution in [0.2, 0.25) is 0 Å². The van der Waals surface area contributed by atoms with Crippen LogP contribution in [0.15, 0.2) is 84.9 Å². The number of hydrogen-bond donors (Lipinski definition) is 0. The number of fused-ring (bicyclic) bond motifs is 1. The molecule has 1 aromatic heterocycles. The second kappa shape index (κ2) is 8.71. The van der Waals surface area contributed by atoms with Crippen molar-refractivity contribution in [3.05, 3.63) is 118 Å². The van der Waals surface area contributed by atoms with Gasteiger partial charge in [0.1, 0.15) is 5.82 Å². The summed E-state index contributed by atoms with van der Waals surface area (Å²) in [6, 6.07) is 27.2. The second-order valence-corrected chi connectivity index (χ2v) is 9.61. The molecule has 1 aliphatic carbocycles. The minimum Gasteiger partial charge on any atom is -0.331 e. The van der Waals surface area contributed by atoms with Gasteiger partial charge in [-0.15, -0.1) is 11.3 Å². The predicted molar refractivity (Wildman–Crippen MR) is 128 cm³/mol. The molecule has 0 saturated heterocycles. The summed E-state index contributed by atoms with van der Waals surface area (Å²) in [7, 11) is 0. The van der Waals surface area contributed by atoms with Crippen molar-refractivity contribution in [3.8, 4) is 10.4 Å². The molecule has 160 valence electrons. The van der Waals surface area contributed by atoms with Crippen molar-refractivity contribution in [1.29, 1.82) is 0 Å². The van der Waals surface area contributed by atoms with Gasteiger partial charge in [-0.05, 0) is 54.7 Å². The van der Waals surface area contributed by atoms with Crippen molar-refractivity contribution in [2.75, 3.05) is 0 Å². The highest BCUT2D eigenvalue weighted by Gasteiger charge is 2.33. The zero-order valence-corrected chi connectivity index (χ0v) is 18.7. The fourth-order valence-corrected chi connectivity index (χ4v) is 5.47. The quantitative estimate of drug-likeness (QED) is 0.339. The van der Waals surface area contributed by atoms with E-state index in [4.69, 9.17) is 0 Å². The third kappa shape index (κ3) is 3.98. The highest BCUT2D eigenvalue weighted by atomic mass is 32.1. The van der Waals surface area contributed by atoms with Crippen LogP contribution in [-0.2, 0) is 19.4 Å². The van der Waals surface area contributed by atoms with Crippen molar-refractivity contribution in [2.45, 2.75) is 32.4 Å². The molecule has 0 unspecified atom stereocenters. The van der Waals surface area contributed by atoms with E-state index in [1.165, 1.54) is 17.2 Å². The van der Waals surface area contributed by atoms with Gasteiger partial charge < -0.3 is 4.90 Å². The normalized spacial score (nSPS) is 13.2. The second-order valence-electron chi connectivity index (χ2n) is 8.32. The Labute approximate surface area is 192 Å². The molecule has 1 amide bonds. The number of benzene rings is 3. The third-order valence-electron chi connectivity index (χ3n) is 6.16. The van der Waals surface area contributed by atoms with Crippen LogP contribution < -0.4 is 0 Å². The maximum atomic E-state index is 15.2. The van der Waals surface area contributed by atoms with Crippen LogP contribution in [0.5, 0.6) is 0 Å². The lowest BCUT2D eigenvalue weighted by Crippen LogP contribution is -2.41. The van der Waals surface area contributed by atoms with Gasteiger partial charge in [0.05, 0.1) is 5.56 Å². The number of carbonyl (C=O) groups excluding carboxylic acids is 1. The number of amides is 1. The Hall–Kier alpha value is -3.24. The molecule has 0 aliphatic heterocycles. The van der Waals surface area contributed by atoms with Crippen molar-refractivity contribution in [3.63, 3.8) is 0 Å². The van der Waals surface area contributed by atoms with E-state index in [1.54, 1.807) is 17.4 Å². The fraction of sp³-hybridized carbons (Fsp3) is 0.179. The molecule has 1 aliphatic rings. The zero-order valence-electron chi connectivity index (χ0n) is 17.9. The summed E-state index contributed by atoms with van der Waals surface area (Å²) >= 11 is 1.58. The highest BCUT2D eigenvalue weighted by Crippen LogP contribution is 2.34. The van der Waals surface area contributed by atoms with Crippen LogP contribution in [0, 0.1) is 12.7 Å². The van der Waals surface area contributed by atoms with Gasteiger partial charge >= 0.3 is 0 Å². The van der Waals surface area contributed by atoms with Gasteiger partial charge in [0, 0.05) is 27.9 Å². The first-order chi connectivity index (χ1) is 15.6. The van der Waals surface area contributed by atoms with Crippen LogP contribution in [-0.4, -0.2) is 16.8 Å². The standard InChI is InChI=1S/C28H24FNOS/c1-19-14-15-26(32-19)24-12-7-13-25(29)27(24)28(31)30(18-20-8-3-2-4-9-20)23-16-21-10-5-6-11-22(21)17-23/h2-15,23H,16-18H2,1H3. The smallest absolute Gasteiger partial charge is 0.258 e. The predicted octanol–water partition coefficient (Wildman–Crippen LogP) is 6.67. The van der Waals surface area contributed by atoms with Crippen molar-refractivity contribution in [2.24, 2.45) is 0 Å². The average Bonchev–Trinajstić information content (AvgIpc) is 3.43. The molecular formula is C28H24FNOS. The molecule has 32 heavy (non-hydrogen) atoms.